The first-order chi connectivity index (χ1) is 15.2. The Kier molecular flexibility index (Phi) is 4.96. The van der Waals surface area contributed by atoms with Crippen LogP contribution in [0.4, 0.5) is 0 Å². The highest BCUT2D eigenvalue weighted by molar-refractivity contribution is 6.32. The fourth-order valence-corrected chi connectivity index (χ4v) is 5.93. The zero-order valence-corrected chi connectivity index (χ0v) is 18.7. The summed E-state index contributed by atoms with van der Waals surface area (Å²) in [5.74, 6) is -8.30. The summed E-state index contributed by atoms with van der Waals surface area (Å²) in [6.45, 7) is 1.34. The van der Waals surface area contributed by atoms with E-state index in [9.17, 15) is 39.9 Å². The van der Waals surface area contributed by atoms with Gasteiger partial charge in [0.25, 0.3) is 5.91 Å². The Balaban J connectivity index is 2.07. The Labute approximate surface area is 193 Å². The van der Waals surface area contributed by atoms with Crippen molar-refractivity contribution in [2.75, 3.05) is 14.1 Å². The van der Waals surface area contributed by atoms with Gasteiger partial charge in [-0.2, -0.15) is 0 Å². The molecule has 1 saturated carbocycles. The molecular weight excluding hydrogens is 456 g/mol. The fourth-order valence-electron chi connectivity index (χ4n) is 5.58. The molecular formula is C22H23ClN2O8. The number of aliphatic hydroxyl groups excluding tert-OH is 2. The van der Waals surface area contributed by atoms with E-state index in [0.717, 1.165) is 0 Å². The molecule has 11 heteroatoms. The molecule has 0 radical (unpaired) electrons. The van der Waals surface area contributed by atoms with Gasteiger partial charge in [0, 0.05) is 28.0 Å². The highest BCUT2D eigenvalue weighted by atomic mass is 35.5. The average Bonchev–Trinajstić information content (AvgIpc) is 2.69. The van der Waals surface area contributed by atoms with Crippen LogP contribution in [0.15, 0.2) is 29.0 Å². The summed E-state index contributed by atoms with van der Waals surface area (Å²) in [5.41, 5.74) is -1.10. The lowest BCUT2D eigenvalue weighted by Crippen LogP contribution is -2.67. The van der Waals surface area contributed by atoms with Crippen LogP contribution in [0.25, 0.3) is 5.76 Å². The monoisotopic (exact) mass is 478 g/mol. The van der Waals surface area contributed by atoms with Crippen molar-refractivity contribution in [2.45, 2.75) is 30.6 Å². The second kappa shape index (κ2) is 7.04. The molecule has 0 bridgehead atoms. The summed E-state index contributed by atoms with van der Waals surface area (Å²) in [5, 5.41) is 55.2. The van der Waals surface area contributed by atoms with E-state index in [1.165, 1.54) is 38.1 Å². The molecule has 3 aliphatic rings. The van der Waals surface area contributed by atoms with Gasteiger partial charge in [-0.3, -0.25) is 19.3 Å². The van der Waals surface area contributed by atoms with E-state index in [1.54, 1.807) is 0 Å². The third-order valence-electron chi connectivity index (χ3n) is 7.07. The number of nitrogens with two attached hydrogens (primary N) is 1. The molecule has 10 nitrogen and oxygen atoms in total. The molecule has 4 rings (SSSR count). The molecule has 0 saturated heterocycles. The predicted molar refractivity (Wildman–Crippen MR) is 115 cm³/mol. The number of carbonyl (C=O) groups is 3. The van der Waals surface area contributed by atoms with E-state index in [4.69, 9.17) is 17.3 Å². The van der Waals surface area contributed by atoms with Gasteiger partial charge in [0.05, 0.1) is 17.2 Å². The summed E-state index contributed by atoms with van der Waals surface area (Å²) in [7, 11) is 2.97. The first-order valence-electron chi connectivity index (χ1n) is 10.1. The Bertz CT molecular complexity index is 1200. The van der Waals surface area contributed by atoms with Gasteiger partial charge in [0.1, 0.15) is 22.8 Å². The van der Waals surface area contributed by atoms with E-state index in [1.807, 2.05) is 0 Å². The highest BCUT2D eigenvalue weighted by Gasteiger charge is 2.66. The van der Waals surface area contributed by atoms with Crippen LogP contribution in [0.5, 0.6) is 5.75 Å². The molecule has 176 valence electrons. The minimum absolute atomic E-state index is 0.0187. The second-order valence-electron chi connectivity index (χ2n) is 9.08. The number of hydrogen-bond acceptors (Lipinski definition) is 9. The van der Waals surface area contributed by atoms with Crippen LogP contribution in [0, 0.1) is 11.8 Å². The molecule has 0 heterocycles. The minimum atomic E-state index is -2.78. The van der Waals surface area contributed by atoms with Crippen LogP contribution in [0.3, 0.4) is 0 Å². The molecule has 5 atom stereocenters. The Morgan fingerprint density at radius 2 is 1.79 bits per heavy atom. The quantitative estimate of drug-likeness (QED) is 0.325. The topological polar surface area (TPSA) is 182 Å². The largest absolute Gasteiger partial charge is 0.508 e. The maximum atomic E-state index is 13.7. The summed E-state index contributed by atoms with van der Waals surface area (Å²) >= 11 is 6.28. The number of primary amides is 1. The fraction of sp³-hybridized carbons (Fsp3) is 0.409. The van der Waals surface area contributed by atoms with Crippen molar-refractivity contribution in [3.8, 4) is 5.75 Å². The number of nitrogens with zero attached hydrogens (tertiary/aromatic N) is 1. The van der Waals surface area contributed by atoms with Crippen molar-refractivity contribution in [1.29, 1.82) is 0 Å². The lowest BCUT2D eigenvalue weighted by molar-refractivity contribution is -0.159. The van der Waals surface area contributed by atoms with Crippen LogP contribution in [0.1, 0.15) is 24.5 Å². The molecule has 1 amide bonds. The standard InChI is InChI=1S/C22H23ClN2O8/c1-21(32)7-6-8-15(25(2)3)17(28)13(20(24)31)19(30)22(8,33)18(29)11(7)16(27)12-10(26)5-4-9(23)14(12)21/h4-5,7-8,15,26-27,30,32-33H,6H2,1-3H3,(H2,24,31)/t7?,8-,15-,21-,22+/m0/s1. The molecule has 1 fully saturated rings. The molecule has 0 aromatic heterocycles. The summed E-state index contributed by atoms with van der Waals surface area (Å²) in [4.78, 5) is 40.1. The van der Waals surface area contributed by atoms with Gasteiger partial charge in [-0.25, -0.2) is 0 Å². The van der Waals surface area contributed by atoms with Crippen LogP contribution in [-0.4, -0.2) is 73.6 Å². The van der Waals surface area contributed by atoms with Crippen molar-refractivity contribution in [3.63, 3.8) is 0 Å². The lowest BCUT2D eigenvalue weighted by Gasteiger charge is -2.53. The number of carbonyl (C=O) groups excluding carboxylic acids is 3. The van der Waals surface area contributed by atoms with E-state index in [-0.39, 0.29) is 22.6 Å². The molecule has 7 N–H and O–H groups in total. The number of aliphatic hydroxyl groups is 4. The zero-order valence-electron chi connectivity index (χ0n) is 18.0. The number of Topliss-reactive ketones (excluding diaryl/α,β-unsaturated/α-hetero) is 2. The number of halogens is 1. The van der Waals surface area contributed by atoms with Gasteiger partial charge < -0.3 is 31.3 Å². The van der Waals surface area contributed by atoms with Gasteiger partial charge in [-0.15, -0.1) is 0 Å². The van der Waals surface area contributed by atoms with Crippen molar-refractivity contribution < 1.29 is 39.9 Å². The SMILES string of the molecule is CN(C)[C@@H]1C(=O)C(C(N)=O)=C(O)[C@]2(O)C(=O)C3=C(O)c4c(O)ccc(Cl)c4[C@@](C)(O)C3C[C@@H]12. The summed E-state index contributed by atoms with van der Waals surface area (Å²) in [6, 6.07) is 1.24. The van der Waals surface area contributed by atoms with Gasteiger partial charge in [-0.05, 0) is 39.6 Å². The number of benzene rings is 1. The third-order valence-corrected chi connectivity index (χ3v) is 7.39. The number of phenolic OH excluding ortho intramolecular Hbond substituents is 1. The zero-order chi connectivity index (χ0) is 24.8. The summed E-state index contributed by atoms with van der Waals surface area (Å²) < 4.78 is 0. The number of amides is 1. The lowest BCUT2D eigenvalue weighted by atomic mass is 9.54. The van der Waals surface area contributed by atoms with Crippen LogP contribution < -0.4 is 5.73 Å². The van der Waals surface area contributed by atoms with E-state index in [0.29, 0.717) is 0 Å². The molecule has 1 aromatic carbocycles. The maximum Gasteiger partial charge on any atom is 0.255 e. The normalized spacial score (nSPS) is 33.7. The van der Waals surface area contributed by atoms with Crippen LogP contribution in [0.2, 0.25) is 5.02 Å². The predicted octanol–water partition coefficient (Wildman–Crippen LogP) is 0.282. The minimum Gasteiger partial charge on any atom is -0.508 e. The van der Waals surface area contributed by atoms with E-state index >= 15 is 0 Å². The average molecular weight is 479 g/mol. The van der Waals surface area contributed by atoms with Crippen molar-refractivity contribution >= 4 is 34.8 Å². The maximum absolute atomic E-state index is 13.7. The van der Waals surface area contributed by atoms with Crippen LogP contribution >= 0.6 is 11.6 Å². The van der Waals surface area contributed by atoms with E-state index < -0.39 is 75.0 Å². The molecule has 0 aliphatic heterocycles. The van der Waals surface area contributed by atoms with E-state index in [2.05, 4.69) is 0 Å². The molecule has 1 aromatic rings. The third kappa shape index (κ3) is 2.75. The number of likely N-dealkylation sites (N-methyl/N-ethyl adjacent to an activating group) is 1. The number of hydrogen-bond donors (Lipinski definition) is 6. The molecule has 33 heavy (non-hydrogen) atoms. The number of ketones is 2. The highest BCUT2D eigenvalue weighted by Crippen LogP contribution is 2.58. The summed E-state index contributed by atoms with van der Waals surface area (Å²) in [6.07, 6.45) is -0.259. The van der Waals surface area contributed by atoms with Gasteiger partial charge in [0.15, 0.2) is 11.4 Å². The Hall–Kier alpha value is -2.92. The van der Waals surface area contributed by atoms with Gasteiger partial charge >= 0.3 is 0 Å². The Morgan fingerprint density at radius 3 is 2.33 bits per heavy atom. The first-order valence-corrected chi connectivity index (χ1v) is 10.5. The molecule has 0 spiro atoms. The van der Waals surface area contributed by atoms with Gasteiger partial charge in [0.2, 0.25) is 5.78 Å². The Morgan fingerprint density at radius 1 is 1.18 bits per heavy atom. The van der Waals surface area contributed by atoms with Crippen molar-refractivity contribution in [1.82, 2.24) is 4.90 Å². The van der Waals surface area contributed by atoms with Gasteiger partial charge in [-0.1, -0.05) is 11.6 Å². The number of phenols is 1. The smallest absolute Gasteiger partial charge is 0.255 e. The molecule has 1 unspecified atom stereocenters. The number of fused-ring (bicyclic) bond motifs is 3. The van der Waals surface area contributed by atoms with Crippen molar-refractivity contribution in [3.05, 3.63) is 45.2 Å². The number of aromatic hydroxyl groups is 1. The van der Waals surface area contributed by atoms with Crippen LogP contribution in [-0.2, 0) is 20.0 Å². The number of rotatable bonds is 2. The second-order valence-corrected chi connectivity index (χ2v) is 9.48. The first kappa shape index (κ1) is 23.2. The van der Waals surface area contributed by atoms with Crippen molar-refractivity contribution in [2.24, 2.45) is 17.6 Å². The molecule has 3 aliphatic carbocycles.